The number of likely N-dealkylation sites (N-methyl/N-ethyl adjacent to an activating group) is 1. The van der Waals surface area contributed by atoms with E-state index in [-0.39, 0.29) is 5.82 Å². The van der Waals surface area contributed by atoms with Gasteiger partial charge in [0.2, 0.25) is 0 Å². The molecule has 0 atom stereocenters. The molecule has 0 spiro atoms. The van der Waals surface area contributed by atoms with Gasteiger partial charge in [-0.3, -0.25) is 4.98 Å². The van der Waals surface area contributed by atoms with Crippen LogP contribution in [0.3, 0.4) is 0 Å². The first-order valence-electron chi connectivity index (χ1n) is 9.77. The van der Waals surface area contributed by atoms with Crippen LogP contribution in [0.15, 0.2) is 73.1 Å². The molecule has 1 N–H and O–H groups in total. The van der Waals surface area contributed by atoms with Gasteiger partial charge in [0.25, 0.3) is 0 Å². The van der Waals surface area contributed by atoms with E-state index in [4.69, 9.17) is 4.74 Å². The highest BCUT2D eigenvalue weighted by molar-refractivity contribution is 5.90. The summed E-state index contributed by atoms with van der Waals surface area (Å²) in [5.41, 5.74) is 3.59. The van der Waals surface area contributed by atoms with Gasteiger partial charge in [0, 0.05) is 17.8 Å². The Morgan fingerprint density at radius 3 is 2.62 bits per heavy atom. The van der Waals surface area contributed by atoms with E-state index in [2.05, 4.69) is 10.3 Å². The van der Waals surface area contributed by atoms with E-state index in [1.807, 2.05) is 66.3 Å². The molecule has 29 heavy (non-hydrogen) atoms. The monoisotopic (exact) mass is 389 g/mol. The summed E-state index contributed by atoms with van der Waals surface area (Å²) in [6.07, 6.45) is 4.57. The van der Waals surface area contributed by atoms with Crippen LogP contribution in [0.1, 0.15) is 16.8 Å². The Labute approximate surface area is 170 Å². The van der Waals surface area contributed by atoms with E-state index >= 15 is 0 Å². The second-order valence-electron chi connectivity index (χ2n) is 7.00. The standard InChI is InChI=1S/C24H24FN3O/c1-26-14-12-19-15-28(16-20-9-5-6-13-27-20)24-21(25)10-11-22(23(19)24)29-17-18-7-3-2-4-8-18/h2-11,13,15,26H,12,14,16-17H2,1H3. The Hall–Kier alpha value is -3.18. The van der Waals surface area contributed by atoms with Crippen molar-refractivity contribution in [3.05, 3.63) is 95.7 Å². The Bertz CT molecular complexity index is 1080. The molecule has 4 aromatic rings. The first-order valence-corrected chi connectivity index (χ1v) is 9.77. The molecule has 0 fully saturated rings. The third-order valence-electron chi connectivity index (χ3n) is 4.95. The molecule has 4 rings (SSSR count). The maximum Gasteiger partial charge on any atom is 0.147 e. The zero-order valence-corrected chi connectivity index (χ0v) is 16.4. The van der Waals surface area contributed by atoms with E-state index in [1.54, 1.807) is 12.3 Å². The highest BCUT2D eigenvalue weighted by Gasteiger charge is 2.18. The van der Waals surface area contributed by atoms with E-state index in [0.717, 1.165) is 35.2 Å². The lowest BCUT2D eigenvalue weighted by Crippen LogP contribution is -2.10. The second kappa shape index (κ2) is 8.88. The summed E-state index contributed by atoms with van der Waals surface area (Å²) in [5.74, 6) is 0.454. The number of fused-ring (bicyclic) bond motifs is 1. The van der Waals surface area contributed by atoms with Crippen LogP contribution < -0.4 is 10.1 Å². The number of nitrogens with zero attached hydrogens (tertiary/aromatic N) is 2. The van der Waals surface area contributed by atoms with Crippen molar-refractivity contribution >= 4 is 10.9 Å². The van der Waals surface area contributed by atoms with Gasteiger partial charge in [0.15, 0.2) is 0 Å². The predicted molar refractivity (Wildman–Crippen MR) is 114 cm³/mol. The minimum absolute atomic E-state index is 0.251. The summed E-state index contributed by atoms with van der Waals surface area (Å²) in [6, 6.07) is 19.0. The van der Waals surface area contributed by atoms with Crippen LogP contribution in [0.2, 0.25) is 0 Å². The molecule has 0 aliphatic heterocycles. The van der Waals surface area contributed by atoms with Gasteiger partial charge in [0.1, 0.15) is 18.2 Å². The minimum Gasteiger partial charge on any atom is -0.488 e. The first kappa shape index (κ1) is 19.2. The molecule has 5 heteroatoms. The fourth-order valence-corrected chi connectivity index (χ4v) is 3.55. The van der Waals surface area contributed by atoms with Crippen LogP contribution in [0.5, 0.6) is 5.75 Å². The molecule has 0 saturated heterocycles. The summed E-state index contributed by atoms with van der Waals surface area (Å²) in [4.78, 5) is 4.39. The zero-order valence-electron chi connectivity index (χ0n) is 16.4. The molecule has 2 heterocycles. The first-order chi connectivity index (χ1) is 14.3. The van der Waals surface area contributed by atoms with Crippen molar-refractivity contribution in [2.24, 2.45) is 0 Å². The van der Waals surface area contributed by atoms with Gasteiger partial charge in [-0.25, -0.2) is 4.39 Å². The van der Waals surface area contributed by atoms with Crippen molar-refractivity contribution < 1.29 is 9.13 Å². The highest BCUT2D eigenvalue weighted by atomic mass is 19.1. The van der Waals surface area contributed by atoms with Gasteiger partial charge >= 0.3 is 0 Å². The molecule has 2 aromatic carbocycles. The number of hydrogen-bond acceptors (Lipinski definition) is 3. The van der Waals surface area contributed by atoms with Gasteiger partial charge in [-0.1, -0.05) is 36.4 Å². The van der Waals surface area contributed by atoms with Gasteiger partial charge in [-0.2, -0.15) is 0 Å². The lowest BCUT2D eigenvalue weighted by Gasteiger charge is -2.11. The number of hydrogen-bond donors (Lipinski definition) is 1. The Kier molecular flexibility index (Phi) is 5.86. The van der Waals surface area contributed by atoms with E-state index < -0.39 is 0 Å². The average Bonchev–Trinajstić information content (AvgIpc) is 3.12. The van der Waals surface area contributed by atoms with E-state index in [0.29, 0.717) is 24.4 Å². The SMILES string of the molecule is CNCCc1cn(Cc2ccccn2)c2c(F)ccc(OCc3ccccc3)c12. The lowest BCUT2D eigenvalue weighted by molar-refractivity contribution is 0.309. The maximum absolute atomic E-state index is 14.9. The highest BCUT2D eigenvalue weighted by Crippen LogP contribution is 2.34. The van der Waals surface area contributed by atoms with Crippen molar-refractivity contribution in [3.8, 4) is 5.75 Å². The molecule has 0 amide bonds. The third kappa shape index (κ3) is 4.30. The van der Waals surface area contributed by atoms with Crippen molar-refractivity contribution in [1.29, 1.82) is 0 Å². The van der Waals surface area contributed by atoms with Crippen LogP contribution in [0.4, 0.5) is 4.39 Å². The van der Waals surface area contributed by atoms with Gasteiger partial charge < -0.3 is 14.6 Å². The summed E-state index contributed by atoms with van der Waals surface area (Å²) < 4.78 is 23.0. The second-order valence-corrected chi connectivity index (χ2v) is 7.00. The largest absolute Gasteiger partial charge is 0.488 e. The normalized spacial score (nSPS) is 11.1. The van der Waals surface area contributed by atoms with E-state index in [9.17, 15) is 4.39 Å². The molecule has 4 nitrogen and oxygen atoms in total. The van der Waals surface area contributed by atoms with Crippen LogP contribution in [0.25, 0.3) is 10.9 Å². The topological polar surface area (TPSA) is 39.1 Å². The number of nitrogens with one attached hydrogen (secondary N) is 1. The summed E-state index contributed by atoms with van der Waals surface area (Å²) in [5, 5.41) is 4.02. The van der Waals surface area contributed by atoms with Crippen molar-refractivity contribution in [3.63, 3.8) is 0 Å². The maximum atomic E-state index is 14.9. The van der Waals surface area contributed by atoms with Crippen molar-refractivity contribution in [2.75, 3.05) is 13.6 Å². The molecule has 0 radical (unpaired) electrons. The van der Waals surface area contributed by atoms with Crippen LogP contribution in [-0.4, -0.2) is 23.1 Å². The molecule has 148 valence electrons. The lowest BCUT2D eigenvalue weighted by atomic mass is 10.1. The summed E-state index contributed by atoms with van der Waals surface area (Å²) in [7, 11) is 1.92. The van der Waals surface area contributed by atoms with Gasteiger partial charge in [-0.15, -0.1) is 0 Å². The molecule has 0 bridgehead atoms. The Morgan fingerprint density at radius 2 is 1.86 bits per heavy atom. The Morgan fingerprint density at radius 1 is 1.03 bits per heavy atom. The fraction of sp³-hybridized carbons (Fsp3) is 0.208. The summed E-state index contributed by atoms with van der Waals surface area (Å²) in [6.45, 7) is 1.76. The van der Waals surface area contributed by atoms with Gasteiger partial charge in [-0.05, 0) is 55.4 Å². The van der Waals surface area contributed by atoms with Crippen LogP contribution in [-0.2, 0) is 19.6 Å². The number of aromatic nitrogens is 2. The predicted octanol–water partition coefficient (Wildman–Crippen LogP) is 4.56. The smallest absolute Gasteiger partial charge is 0.147 e. The van der Waals surface area contributed by atoms with E-state index in [1.165, 1.54) is 6.07 Å². The molecule has 0 saturated carbocycles. The molecule has 0 aliphatic rings. The van der Waals surface area contributed by atoms with Crippen molar-refractivity contribution in [2.45, 2.75) is 19.6 Å². The molecule has 2 aromatic heterocycles. The number of rotatable bonds is 8. The number of halogens is 1. The zero-order chi connectivity index (χ0) is 20.1. The molecule has 0 aliphatic carbocycles. The summed E-state index contributed by atoms with van der Waals surface area (Å²) >= 11 is 0. The minimum atomic E-state index is -0.251. The van der Waals surface area contributed by atoms with Crippen LogP contribution >= 0.6 is 0 Å². The quantitative estimate of drug-likeness (QED) is 0.480. The molecular formula is C24H24FN3O. The van der Waals surface area contributed by atoms with Crippen molar-refractivity contribution in [1.82, 2.24) is 14.9 Å². The average molecular weight is 389 g/mol. The van der Waals surface area contributed by atoms with Gasteiger partial charge in [0.05, 0.1) is 17.8 Å². The third-order valence-corrected chi connectivity index (χ3v) is 4.95. The Balaban J connectivity index is 1.74. The molecular weight excluding hydrogens is 365 g/mol. The number of benzene rings is 2. The number of ether oxygens (including phenoxy) is 1. The number of pyridine rings is 1. The molecule has 0 unspecified atom stereocenters. The fourth-order valence-electron chi connectivity index (χ4n) is 3.55. The van der Waals surface area contributed by atoms with Crippen LogP contribution in [0, 0.1) is 5.82 Å².